The second-order valence-electron chi connectivity index (χ2n) is 10.3. The quantitative estimate of drug-likeness (QED) is 0.208. The molecule has 1 heterocycles. The van der Waals surface area contributed by atoms with E-state index in [0.29, 0.717) is 0 Å². The van der Waals surface area contributed by atoms with Crippen molar-refractivity contribution in [1.82, 2.24) is 0 Å². The van der Waals surface area contributed by atoms with E-state index in [0.717, 1.165) is 0 Å². The van der Waals surface area contributed by atoms with E-state index in [1.807, 2.05) is 0 Å². The molecule has 8 N–H and O–H groups in total. The lowest BCUT2D eigenvalue weighted by atomic mass is 9.71. The Kier molecular flexibility index (Phi) is 6.92. The molecular weight excluding hydrogens is 514 g/mol. The molecule has 0 bridgehead atoms. The number of carbonyl (C=O) groups excluding carboxylic acids is 2. The van der Waals surface area contributed by atoms with Crippen molar-refractivity contribution in [1.29, 1.82) is 0 Å². The Hall–Kier alpha value is -3.10. The molecular formula is C27H31NO11. The standard InChI is InChI=1S/C27H31NO11/c1-10-22(31)13(28)6-17(38-10)39-15-8-27(36,16(30)9-29)7-12-19(15)26(35)21-20(24(12)33)23(32)11-4-3-5-14(37-2)18(11)25(21)34/h3-5,10,13,15-17,22,29-31,33,35-36H,6-9,28H2,1-2H3/t10-,13-,15?,16?,17?,22+,27?/m0/s1. The molecule has 12 heteroatoms. The first-order chi connectivity index (χ1) is 18.4. The van der Waals surface area contributed by atoms with Crippen LogP contribution in [-0.4, -0.2) is 92.2 Å². The lowest BCUT2D eigenvalue weighted by molar-refractivity contribution is -0.251. The monoisotopic (exact) mass is 545 g/mol. The minimum atomic E-state index is -2.05. The maximum absolute atomic E-state index is 13.7. The summed E-state index contributed by atoms with van der Waals surface area (Å²) >= 11 is 0. The smallest absolute Gasteiger partial charge is 0.202 e. The summed E-state index contributed by atoms with van der Waals surface area (Å²) in [5.74, 6) is -2.68. The topological polar surface area (TPSA) is 209 Å². The van der Waals surface area contributed by atoms with Crippen molar-refractivity contribution in [2.24, 2.45) is 5.73 Å². The van der Waals surface area contributed by atoms with Gasteiger partial charge in [-0.05, 0) is 13.0 Å². The van der Waals surface area contributed by atoms with Crippen LogP contribution in [0.1, 0.15) is 68.8 Å². The number of ether oxygens (including phenoxy) is 3. The number of methoxy groups -OCH3 is 1. The lowest BCUT2D eigenvalue weighted by Gasteiger charge is -2.44. The van der Waals surface area contributed by atoms with Gasteiger partial charge in [0, 0.05) is 42.0 Å². The molecule has 0 saturated carbocycles. The summed E-state index contributed by atoms with van der Waals surface area (Å²) in [5, 5.41) is 64.4. The predicted molar refractivity (Wildman–Crippen MR) is 133 cm³/mol. The van der Waals surface area contributed by atoms with E-state index in [1.54, 1.807) is 6.92 Å². The van der Waals surface area contributed by atoms with Gasteiger partial charge in [-0.3, -0.25) is 9.59 Å². The summed E-state index contributed by atoms with van der Waals surface area (Å²) in [4.78, 5) is 27.2. The van der Waals surface area contributed by atoms with E-state index in [2.05, 4.69) is 0 Å². The van der Waals surface area contributed by atoms with Crippen molar-refractivity contribution in [3.05, 3.63) is 51.6 Å². The number of phenols is 2. The number of benzene rings is 2. The number of ketones is 2. The Labute approximate surface area is 223 Å². The maximum Gasteiger partial charge on any atom is 0.202 e. The molecule has 2 aliphatic carbocycles. The van der Waals surface area contributed by atoms with Crippen molar-refractivity contribution in [2.45, 2.75) is 68.5 Å². The van der Waals surface area contributed by atoms with Crippen LogP contribution in [0, 0.1) is 0 Å². The van der Waals surface area contributed by atoms with Crippen LogP contribution in [0.25, 0.3) is 0 Å². The number of hydrogen-bond acceptors (Lipinski definition) is 12. The molecule has 0 radical (unpaired) electrons. The first-order valence-electron chi connectivity index (χ1n) is 12.6. The second-order valence-corrected chi connectivity index (χ2v) is 10.3. The number of carbonyl (C=O) groups is 2. The Bertz CT molecular complexity index is 1330. The third-order valence-electron chi connectivity index (χ3n) is 7.97. The van der Waals surface area contributed by atoms with Gasteiger partial charge in [0.1, 0.15) is 23.4 Å². The van der Waals surface area contributed by atoms with Crippen LogP contribution in [0.4, 0.5) is 0 Å². The highest BCUT2D eigenvalue weighted by atomic mass is 16.7. The Morgan fingerprint density at radius 1 is 1.15 bits per heavy atom. The molecule has 1 fully saturated rings. The summed E-state index contributed by atoms with van der Waals surface area (Å²) in [6.07, 6.45) is -6.45. The van der Waals surface area contributed by atoms with Crippen molar-refractivity contribution < 1.29 is 54.4 Å². The van der Waals surface area contributed by atoms with Gasteiger partial charge in [0.15, 0.2) is 12.1 Å². The fraction of sp³-hybridized carbons (Fsp3) is 0.481. The fourth-order valence-electron chi connectivity index (χ4n) is 5.84. The Morgan fingerprint density at radius 3 is 2.49 bits per heavy atom. The van der Waals surface area contributed by atoms with Gasteiger partial charge in [0.2, 0.25) is 5.78 Å². The van der Waals surface area contributed by atoms with E-state index in [1.165, 1.54) is 25.3 Å². The van der Waals surface area contributed by atoms with E-state index in [9.17, 15) is 40.2 Å². The maximum atomic E-state index is 13.7. The van der Waals surface area contributed by atoms with Gasteiger partial charge in [-0.15, -0.1) is 0 Å². The number of aromatic hydroxyl groups is 2. The minimum absolute atomic E-state index is 0.0343. The molecule has 3 aliphatic rings. The van der Waals surface area contributed by atoms with Gasteiger partial charge >= 0.3 is 0 Å². The number of fused-ring (bicyclic) bond motifs is 3. The van der Waals surface area contributed by atoms with Gasteiger partial charge in [0.25, 0.3) is 0 Å². The number of aliphatic hydroxyl groups excluding tert-OH is 3. The summed E-state index contributed by atoms with van der Waals surface area (Å²) in [5.41, 5.74) is 2.77. The molecule has 7 atom stereocenters. The molecule has 1 saturated heterocycles. The fourth-order valence-corrected chi connectivity index (χ4v) is 5.84. The third-order valence-corrected chi connectivity index (χ3v) is 7.97. The summed E-state index contributed by atoms with van der Waals surface area (Å²) < 4.78 is 17.1. The van der Waals surface area contributed by atoms with Crippen molar-refractivity contribution in [3.8, 4) is 17.2 Å². The first kappa shape index (κ1) is 27.5. The van der Waals surface area contributed by atoms with Crippen LogP contribution >= 0.6 is 0 Å². The van der Waals surface area contributed by atoms with Gasteiger partial charge in [0.05, 0.1) is 54.3 Å². The number of phenolic OH excluding ortho intramolecular Hbond substituents is 2. The third kappa shape index (κ3) is 4.19. The number of hydrogen-bond donors (Lipinski definition) is 7. The largest absolute Gasteiger partial charge is 0.507 e. The zero-order chi connectivity index (χ0) is 28.4. The van der Waals surface area contributed by atoms with Crippen molar-refractivity contribution in [3.63, 3.8) is 0 Å². The lowest BCUT2D eigenvalue weighted by Crippen LogP contribution is -2.53. The molecule has 0 amide bonds. The van der Waals surface area contributed by atoms with Crippen LogP contribution in [-0.2, 0) is 15.9 Å². The van der Waals surface area contributed by atoms with Crippen LogP contribution in [0.15, 0.2) is 18.2 Å². The molecule has 210 valence electrons. The zero-order valence-corrected chi connectivity index (χ0v) is 21.3. The van der Waals surface area contributed by atoms with E-state index >= 15 is 0 Å². The van der Waals surface area contributed by atoms with Gasteiger partial charge in [-0.1, -0.05) is 12.1 Å². The van der Waals surface area contributed by atoms with Crippen LogP contribution < -0.4 is 10.5 Å². The summed E-state index contributed by atoms with van der Waals surface area (Å²) in [6.45, 7) is 0.768. The average Bonchev–Trinajstić information content (AvgIpc) is 2.90. The van der Waals surface area contributed by atoms with Crippen LogP contribution in [0.5, 0.6) is 17.2 Å². The normalized spacial score (nSPS) is 30.8. The highest BCUT2D eigenvalue weighted by Crippen LogP contribution is 2.52. The summed E-state index contributed by atoms with van der Waals surface area (Å²) in [6, 6.07) is 3.69. The molecule has 0 aromatic heterocycles. The Balaban J connectivity index is 1.68. The van der Waals surface area contributed by atoms with Crippen molar-refractivity contribution in [2.75, 3.05) is 13.7 Å². The molecule has 0 spiro atoms. The van der Waals surface area contributed by atoms with Gasteiger partial charge < -0.3 is 50.6 Å². The molecule has 5 rings (SSSR count). The van der Waals surface area contributed by atoms with Crippen LogP contribution in [0.2, 0.25) is 0 Å². The Morgan fingerprint density at radius 2 is 1.85 bits per heavy atom. The SMILES string of the molecule is COc1cccc2c1C(=O)c1c(O)c3c(c(O)c1C2=O)CC(O)(C(O)CO)CC3OC1C[C@H](N)[C@H](O)[C@H](C)O1. The molecule has 2 aromatic rings. The van der Waals surface area contributed by atoms with Crippen LogP contribution in [0.3, 0.4) is 0 Å². The summed E-state index contributed by atoms with van der Waals surface area (Å²) in [7, 11) is 1.33. The number of rotatable bonds is 5. The minimum Gasteiger partial charge on any atom is -0.507 e. The molecule has 2 aromatic carbocycles. The van der Waals surface area contributed by atoms with E-state index in [-0.39, 0.29) is 40.8 Å². The zero-order valence-electron chi connectivity index (χ0n) is 21.3. The molecule has 12 nitrogen and oxygen atoms in total. The molecule has 39 heavy (non-hydrogen) atoms. The number of aliphatic hydroxyl groups is 4. The highest BCUT2D eigenvalue weighted by Gasteiger charge is 2.50. The highest BCUT2D eigenvalue weighted by molar-refractivity contribution is 6.31. The first-order valence-corrected chi connectivity index (χ1v) is 12.6. The van der Waals surface area contributed by atoms with Crippen molar-refractivity contribution >= 4 is 11.6 Å². The average molecular weight is 546 g/mol. The molecule has 1 aliphatic heterocycles. The second kappa shape index (κ2) is 9.82. The van der Waals surface area contributed by atoms with E-state index in [4.69, 9.17) is 19.9 Å². The van der Waals surface area contributed by atoms with E-state index < -0.39 is 89.6 Å². The predicted octanol–water partition coefficient (Wildman–Crippen LogP) is -0.207. The van der Waals surface area contributed by atoms with Gasteiger partial charge in [-0.2, -0.15) is 0 Å². The van der Waals surface area contributed by atoms with Gasteiger partial charge in [-0.25, -0.2) is 0 Å². The molecule has 4 unspecified atom stereocenters. The number of nitrogens with two attached hydrogens (primary N) is 1.